The zero-order chi connectivity index (χ0) is 13.1. The van der Waals surface area contributed by atoms with Crippen LogP contribution in [-0.2, 0) is 9.53 Å². The molecule has 1 aromatic rings. The van der Waals surface area contributed by atoms with Gasteiger partial charge in [-0.2, -0.15) is 0 Å². The second kappa shape index (κ2) is 5.19. The van der Waals surface area contributed by atoms with E-state index < -0.39 is 5.60 Å². The van der Waals surface area contributed by atoms with E-state index in [9.17, 15) is 4.79 Å². The predicted molar refractivity (Wildman–Crippen MR) is 69.9 cm³/mol. The molecule has 0 heterocycles. The van der Waals surface area contributed by atoms with Crippen LogP contribution in [0.15, 0.2) is 18.2 Å². The molecule has 0 saturated carbocycles. The van der Waals surface area contributed by atoms with Gasteiger partial charge < -0.3 is 15.8 Å². The number of nitrogens with one attached hydrogen (secondary N) is 1. The Morgan fingerprint density at radius 1 is 1.47 bits per heavy atom. The molecule has 0 saturated heterocycles. The van der Waals surface area contributed by atoms with E-state index in [4.69, 9.17) is 10.5 Å². The maximum atomic E-state index is 11.8. The molecule has 0 atom stereocenters. The summed E-state index contributed by atoms with van der Waals surface area (Å²) in [5, 5.41) is 2.80. The van der Waals surface area contributed by atoms with Gasteiger partial charge >= 0.3 is 0 Å². The number of rotatable bonds is 4. The van der Waals surface area contributed by atoms with E-state index >= 15 is 0 Å². The molecule has 17 heavy (non-hydrogen) atoms. The van der Waals surface area contributed by atoms with Crippen LogP contribution in [-0.4, -0.2) is 18.6 Å². The van der Waals surface area contributed by atoms with E-state index in [1.54, 1.807) is 13.2 Å². The summed E-state index contributed by atoms with van der Waals surface area (Å²) in [6.45, 7) is 5.67. The lowest BCUT2D eigenvalue weighted by Crippen LogP contribution is -2.29. The molecular weight excluding hydrogens is 216 g/mol. The highest BCUT2D eigenvalue weighted by Gasteiger charge is 2.21. The average Bonchev–Trinajstić information content (AvgIpc) is 2.23. The van der Waals surface area contributed by atoms with Crippen LogP contribution in [0.5, 0.6) is 0 Å². The summed E-state index contributed by atoms with van der Waals surface area (Å²) in [5.74, 6) is -0.0832. The number of ether oxygens (including phenoxy) is 1. The lowest BCUT2D eigenvalue weighted by atomic mass is 10.0. The molecule has 0 aliphatic rings. The average molecular weight is 236 g/mol. The lowest BCUT2D eigenvalue weighted by molar-refractivity contribution is -0.121. The van der Waals surface area contributed by atoms with E-state index in [0.717, 1.165) is 5.56 Å². The molecular formula is C13H20N2O2. The van der Waals surface area contributed by atoms with Crippen LogP contribution in [0.3, 0.4) is 0 Å². The summed E-state index contributed by atoms with van der Waals surface area (Å²) in [6, 6.07) is 5.48. The Balaban J connectivity index is 2.65. The largest absolute Gasteiger partial charge is 0.398 e. The summed E-state index contributed by atoms with van der Waals surface area (Å²) in [7, 11) is 1.59. The summed E-state index contributed by atoms with van der Waals surface area (Å²) in [6.07, 6.45) is 0.303. The van der Waals surface area contributed by atoms with Crippen molar-refractivity contribution in [2.75, 3.05) is 18.2 Å². The van der Waals surface area contributed by atoms with Crippen molar-refractivity contribution >= 4 is 17.3 Å². The normalized spacial score (nSPS) is 11.3. The van der Waals surface area contributed by atoms with Crippen LogP contribution >= 0.6 is 0 Å². The Kier molecular flexibility index (Phi) is 4.12. The first-order chi connectivity index (χ1) is 7.84. The first-order valence-electron chi connectivity index (χ1n) is 5.55. The SMILES string of the molecule is COC(C)(C)CC(=O)Nc1ccc(C)c(N)c1. The van der Waals surface area contributed by atoms with Gasteiger partial charge in [-0.1, -0.05) is 6.07 Å². The fraction of sp³-hybridized carbons (Fsp3) is 0.462. The van der Waals surface area contributed by atoms with E-state index in [1.807, 2.05) is 32.9 Å². The minimum atomic E-state index is -0.458. The molecule has 0 aliphatic carbocycles. The van der Waals surface area contributed by atoms with E-state index in [0.29, 0.717) is 17.8 Å². The van der Waals surface area contributed by atoms with Crippen molar-refractivity contribution in [3.05, 3.63) is 23.8 Å². The summed E-state index contributed by atoms with van der Waals surface area (Å²) >= 11 is 0. The number of benzene rings is 1. The molecule has 0 bridgehead atoms. The Morgan fingerprint density at radius 3 is 2.65 bits per heavy atom. The van der Waals surface area contributed by atoms with Crippen molar-refractivity contribution in [3.63, 3.8) is 0 Å². The van der Waals surface area contributed by atoms with Crippen LogP contribution in [0, 0.1) is 6.92 Å². The molecule has 1 rings (SSSR count). The predicted octanol–water partition coefficient (Wildman–Crippen LogP) is 2.33. The number of hydrogen-bond acceptors (Lipinski definition) is 3. The van der Waals surface area contributed by atoms with Crippen LogP contribution < -0.4 is 11.1 Å². The third-order valence-electron chi connectivity index (χ3n) is 2.70. The van der Waals surface area contributed by atoms with Gasteiger partial charge in [-0.15, -0.1) is 0 Å². The monoisotopic (exact) mass is 236 g/mol. The van der Waals surface area contributed by atoms with Crippen molar-refractivity contribution in [3.8, 4) is 0 Å². The molecule has 0 unspecified atom stereocenters. The van der Waals surface area contributed by atoms with Crippen molar-refractivity contribution in [2.24, 2.45) is 0 Å². The Bertz CT molecular complexity index is 414. The molecule has 4 heteroatoms. The Hall–Kier alpha value is -1.55. The molecule has 0 spiro atoms. The second-order valence-corrected chi connectivity index (χ2v) is 4.76. The molecule has 1 amide bonds. The Morgan fingerprint density at radius 2 is 2.12 bits per heavy atom. The molecule has 4 nitrogen and oxygen atoms in total. The number of carbonyl (C=O) groups excluding carboxylic acids is 1. The third kappa shape index (κ3) is 4.07. The fourth-order valence-corrected chi connectivity index (χ4v) is 1.38. The fourth-order valence-electron chi connectivity index (χ4n) is 1.38. The van der Waals surface area contributed by atoms with Gasteiger partial charge in [-0.25, -0.2) is 0 Å². The lowest BCUT2D eigenvalue weighted by Gasteiger charge is -2.22. The summed E-state index contributed by atoms with van der Waals surface area (Å²) < 4.78 is 5.20. The van der Waals surface area contributed by atoms with Gasteiger partial charge in [-0.3, -0.25) is 4.79 Å². The maximum absolute atomic E-state index is 11.8. The molecule has 1 aromatic carbocycles. The minimum Gasteiger partial charge on any atom is -0.398 e. The maximum Gasteiger partial charge on any atom is 0.227 e. The quantitative estimate of drug-likeness (QED) is 0.789. The van der Waals surface area contributed by atoms with Crippen molar-refractivity contribution in [1.82, 2.24) is 0 Å². The number of aryl methyl sites for hydroxylation is 1. The van der Waals surface area contributed by atoms with Crippen molar-refractivity contribution in [2.45, 2.75) is 32.8 Å². The number of amides is 1. The highest BCUT2D eigenvalue weighted by molar-refractivity contribution is 5.91. The smallest absolute Gasteiger partial charge is 0.227 e. The second-order valence-electron chi connectivity index (χ2n) is 4.76. The number of nitrogens with two attached hydrogens (primary N) is 1. The zero-order valence-electron chi connectivity index (χ0n) is 10.8. The van der Waals surface area contributed by atoms with Crippen molar-refractivity contribution < 1.29 is 9.53 Å². The third-order valence-corrected chi connectivity index (χ3v) is 2.70. The van der Waals surface area contributed by atoms with E-state index in [-0.39, 0.29) is 5.91 Å². The molecule has 0 radical (unpaired) electrons. The van der Waals surface area contributed by atoms with Crippen LogP contribution in [0.25, 0.3) is 0 Å². The van der Waals surface area contributed by atoms with Gasteiger partial charge in [0.25, 0.3) is 0 Å². The van der Waals surface area contributed by atoms with Gasteiger partial charge in [0.2, 0.25) is 5.91 Å². The molecule has 0 aliphatic heterocycles. The number of carbonyl (C=O) groups is 1. The van der Waals surface area contributed by atoms with Crippen LogP contribution in [0.2, 0.25) is 0 Å². The van der Waals surface area contributed by atoms with E-state index in [1.165, 1.54) is 0 Å². The van der Waals surface area contributed by atoms with Crippen LogP contribution in [0.4, 0.5) is 11.4 Å². The summed E-state index contributed by atoms with van der Waals surface area (Å²) in [4.78, 5) is 11.8. The topological polar surface area (TPSA) is 64.3 Å². The Labute approximate surface area is 102 Å². The van der Waals surface area contributed by atoms with Crippen molar-refractivity contribution in [1.29, 1.82) is 0 Å². The van der Waals surface area contributed by atoms with Gasteiger partial charge in [0, 0.05) is 18.5 Å². The highest BCUT2D eigenvalue weighted by Crippen LogP contribution is 2.19. The van der Waals surface area contributed by atoms with E-state index in [2.05, 4.69) is 5.32 Å². The minimum absolute atomic E-state index is 0.0832. The molecule has 0 aromatic heterocycles. The highest BCUT2D eigenvalue weighted by atomic mass is 16.5. The molecule has 94 valence electrons. The first kappa shape index (κ1) is 13.5. The molecule has 3 N–H and O–H groups in total. The number of methoxy groups -OCH3 is 1. The van der Waals surface area contributed by atoms with Gasteiger partial charge in [0.15, 0.2) is 0 Å². The number of nitrogen functional groups attached to an aromatic ring is 1. The zero-order valence-corrected chi connectivity index (χ0v) is 10.8. The van der Waals surface area contributed by atoms with Gasteiger partial charge in [0.05, 0.1) is 12.0 Å². The van der Waals surface area contributed by atoms with Gasteiger partial charge in [-0.05, 0) is 38.5 Å². The standard InChI is InChI=1S/C13H20N2O2/c1-9-5-6-10(7-11(9)14)15-12(16)8-13(2,3)17-4/h5-7H,8,14H2,1-4H3,(H,15,16). The number of anilines is 2. The molecule has 0 fully saturated rings. The summed E-state index contributed by atoms with van der Waals surface area (Å²) in [5.41, 5.74) is 7.70. The van der Waals surface area contributed by atoms with Gasteiger partial charge in [0.1, 0.15) is 0 Å². The number of hydrogen-bond donors (Lipinski definition) is 2. The first-order valence-corrected chi connectivity index (χ1v) is 5.55. The van der Waals surface area contributed by atoms with Crippen LogP contribution in [0.1, 0.15) is 25.8 Å².